The lowest BCUT2D eigenvalue weighted by Gasteiger charge is -2.20. The van der Waals surface area contributed by atoms with Crippen LogP contribution in [0.15, 0.2) is 72.8 Å². The number of amides is 1. The van der Waals surface area contributed by atoms with Gasteiger partial charge in [-0.1, -0.05) is 42.5 Å². The number of imidazole rings is 1. The minimum Gasteiger partial charge on any atom is -0.493 e. The van der Waals surface area contributed by atoms with Gasteiger partial charge in [-0.3, -0.25) is 4.79 Å². The number of aliphatic hydroxyl groups excluding tert-OH is 1. The molecule has 2 heterocycles. The van der Waals surface area contributed by atoms with Crippen LogP contribution in [0, 0.1) is 6.92 Å². The fraction of sp³-hybridized carbons (Fsp3) is 0.286. The monoisotopic (exact) mass is 471 g/mol. The van der Waals surface area contributed by atoms with E-state index in [4.69, 9.17) is 14.5 Å². The van der Waals surface area contributed by atoms with Gasteiger partial charge in [-0.15, -0.1) is 0 Å². The molecule has 0 aliphatic carbocycles. The topological polar surface area (TPSA) is 76.8 Å². The van der Waals surface area contributed by atoms with Crippen LogP contribution in [0.3, 0.4) is 0 Å². The highest BCUT2D eigenvalue weighted by atomic mass is 16.5. The molecule has 1 amide bonds. The fourth-order valence-corrected chi connectivity index (χ4v) is 4.76. The average molecular weight is 472 g/mol. The molecule has 0 radical (unpaired) electrons. The van der Waals surface area contributed by atoms with Crippen molar-refractivity contribution in [2.24, 2.45) is 0 Å². The summed E-state index contributed by atoms with van der Waals surface area (Å²) in [5, 5.41) is 10.9. The SMILES string of the molecule is COc1ccccc1OC[C@H](O)Cn1c([C@H]2CC(=O)N(c3ccccc3C)C2)nc2ccccc21. The summed E-state index contributed by atoms with van der Waals surface area (Å²) in [5.41, 5.74) is 3.79. The van der Waals surface area contributed by atoms with Gasteiger partial charge in [0.15, 0.2) is 11.5 Å². The average Bonchev–Trinajstić information content (AvgIpc) is 3.43. The van der Waals surface area contributed by atoms with Crippen LogP contribution >= 0.6 is 0 Å². The third-order valence-corrected chi connectivity index (χ3v) is 6.47. The molecule has 0 saturated carbocycles. The number of aryl methyl sites for hydroxylation is 1. The van der Waals surface area contributed by atoms with Crippen molar-refractivity contribution in [3.05, 3.63) is 84.2 Å². The number of anilines is 1. The van der Waals surface area contributed by atoms with Crippen LogP contribution in [0.4, 0.5) is 5.69 Å². The summed E-state index contributed by atoms with van der Waals surface area (Å²) in [5.74, 6) is 2.03. The quantitative estimate of drug-likeness (QED) is 0.414. The number of nitrogens with zero attached hydrogens (tertiary/aromatic N) is 3. The summed E-state index contributed by atoms with van der Waals surface area (Å²) in [6.45, 7) is 2.98. The maximum Gasteiger partial charge on any atom is 0.227 e. The smallest absolute Gasteiger partial charge is 0.227 e. The van der Waals surface area contributed by atoms with Crippen LogP contribution in [-0.4, -0.2) is 46.9 Å². The molecule has 4 aromatic rings. The number of hydrogen-bond donors (Lipinski definition) is 1. The van der Waals surface area contributed by atoms with Gasteiger partial charge in [0, 0.05) is 24.6 Å². The van der Waals surface area contributed by atoms with Crippen molar-refractivity contribution in [1.29, 1.82) is 0 Å². The Hall–Kier alpha value is -3.84. The number of para-hydroxylation sites is 5. The van der Waals surface area contributed by atoms with Crippen LogP contribution in [0.1, 0.15) is 23.7 Å². The zero-order chi connectivity index (χ0) is 24.4. The summed E-state index contributed by atoms with van der Waals surface area (Å²) in [4.78, 5) is 19.7. The van der Waals surface area contributed by atoms with Gasteiger partial charge in [0.2, 0.25) is 5.91 Å². The van der Waals surface area contributed by atoms with Crippen molar-refractivity contribution in [2.45, 2.75) is 31.9 Å². The van der Waals surface area contributed by atoms with Gasteiger partial charge in [-0.2, -0.15) is 0 Å². The standard InChI is InChI=1S/C28H29N3O4/c1-19-9-3-5-11-23(19)30-16-20(15-27(30)33)28-29-22-10-4-6-12-24(22)31(28)17-21(32)18-35-26-14-8-7-13-25(26)34-2/h3-14,20-21,32H,15-18H2,1-2H3/t20-,21+/m0/s1. The van der Waals surface area contributed by atoms with E-state index < -0.39 is 6.10 Å². The van der Waals surface area contributed by atoms with Gasteiger partial charge in [-0.05, 0) is 42.8 Å². The highest BCUT2D eigenvalue weighted by Crippen LogP contribution is 2.34. The van der Waals surface area contributed by atoms with E-state index >= 15 is 0 Å². The van der Waals surface area contributed by atoms with Crippen LogP contribution in [0.2, 0.25) is 0 Å². The Morgan fingerprint density at radius 2 is 1.74 bits per heavy atom. The molecule has 1 aromatic heterocycles. The molecule has 0 spiro atoms. The summed E-state index contributed by atoms with van der Waals surface area (Å²) in [7, 11) is 1.59. The molecule has 1 aliphatic heterocycles. The fourth-order valence-electron chi connectivity index (χ4n) is 4.76. The Bertz CT molecular complexity index is 1350. The van der Waals surface area contributed by atoms with Crippen LogP contribution in [-0.2, 0) is 11.3 Å². The van der Waals surface area contributed by atoms with E-state index in [0.29, 0.717) is 31.0 Å². The van der Waals surface area contributed by atoms with Crippen molar-refractivity contribution in [3.8, 4) is 11.5 Å². The van der Waals surface area contributed by atoms with E-state index in [9.17, 15) is 9.90 Å². The van der Waals surface area contributed by atoms with Crippen molar-refractivity contribution in [1.82, 2.24) is 9.55 Å². The van der Waals surface area contributed by atoms with Gasteiger partial charge in [-0.25, -0.2) is 4.98 Å². The Balaban J connectivity index is 1.39. The van der Waals surface area contributed by atoms with Gasteiger partial charge in [0.1, 0.15) is 18.5 Å². The van der Waals surface area contributed by atoms with Crippen molar-refractivity contribution in [3.63, 3.8) is 0 Å². The molecular formula is C28H29N3O4. The number of rotatable bonds is 8. The van der Waals surface area contributed by atoms with Gasteiger partial charge in [0.05, 0.1) is 24.7 Å². The van der Waals surface area contributed by atoms with Gasteiger partial charge in [0.25, 0.3) is 0 Å². The molecule has 7 nitrogen and oxygen atoms in total. The maximum absolute atomic E-state index is 13.0. The lowest BCUT2D eigenvalue weighted by atomic mass is 10.1. The third kappa shape index (κ3) is 4.59. The number of aliphatic hydroxyl groups is 1. The summed E-state index contributed by atoms with van der Waals surface area (Å²) < 4.78 is 13.2. The molecule has 35 heavy (non-hydrogen) atoms. The Kier molecular flexibility index (Phi) is 6.42. The number of hydrogen-bond acceptors (Lipinski definition) is 5. The Labute approximate surface area is 204 Å². The van der Waals surface area contributed by atoms with Crippen LogP contribution in [0.5, 0.6) is 11.5 Å². The second-order valence-corrected chi connectivity index (χ2v) is 8.88. The predicted molar refractivity (Wildman–Crippen MR) is 135 cm³/mol. The summed E-state index contributed by atoms with van der Waals surface area (Å²) in [6, 6.07) is 23.2. The molecule has 180 valence electrons. The van der Waals surface area contributed by atoms with Crippen LogP contribution in [0.25, 0.3) is 11.0 Å². The first kappa shape index (κ1) is 22.9. The molecule has 1 fully saturated rings. The lowest BCUT2D eigenvalue weighted by Crippen LogP contribution is -2.27. The van der Waals surface area contributed by atoms with E-state index in [1.54, 1.807) is 7.11 Å². The minimum absolute atomic E-state index is 0.0724. The first-order valence-electron chi connectivity index (χ1n) is 11.8. The maximum atomic E-state index is 13.0. The van der Waals surface area contributed by atoms with Gasteiger partial charge >= 0.3 is 0 Å². The number of ether oxygens (including phenoxy) is 2. The summed E-state index contributed by atoms with van der Waals surface area (Å²) >= 11 is 0. The van der Waals surface area contributed by atoms with E-state index in [0.717, 1.165) is 28.1 Å². The van der Waals surface area contributed by atoms with Gasteiger partial charge < -0.3 is 24.0 Å². The molecule has 3 aromatic carbocycles. The van der Waals surface area contributed by atoms with E-state index in [-0.39, 0.29) is 18.4 Å². The normalized spacial score (nSPS) is 16.6. The first-order valence-corrected chi connectivity index (χ1v) is 11.8. The summed E-state index contributed by atoms with van der Waals surface area (Å²) in [6.07, 6.45) is -0.397. The number of carbonyl (C=O) groups is 1. The van der Waals surface area contributed by atoms with E-state index in [1.165, 1.54) is 0 Å². The van der Waals surface area contributed by atoms with Crippen molar-refractivity contribution < 1.29 is 19.4 Å². The Morgan fingerprint density at radius 3 is 2.54 bits per heavy atom. The highest BCUT2D eigenvalue weighted by molar-refractivity contribution is 5.97. The second kappa shape index (κ2) is 9.80. The van der Waals surface area contributed by atoms with Crippen LogP contribution < -0.4 is 14.4 Å². The molecular weight excluding hydrogens is 442 g/mol. The molecule has 0 unspecified atom stereocenters. The molecule has 1 saturated heterocycles. The number of benzene rings is 3. The number of aromatic nitrogens is 2. The zero-order valence-electron chi connectivity index (χ0n) is 19.9. The molecule has 5 rings (SSSR count). The molecule has 2 atom stereocenters. The van der Waals surface area contributed by atoms with E-state index in [2.05, 4.69) is 0 Å². The highest BCUT2D eigenvalue weighted by Gasteiger charge is 2.35. The second-order valence-electron chi connectivity index (χ2n) is 8.88. The molecule has 1 aliphatic rings. The number of fused-ring (bicyclic) bond motifs is 1. The van der Waals surface area contributed by atoms with Crippen molar-refractivity contribution >= 4 is 22.6 Å². The first-order chi connectivity index (χ1) is 17.0. The largest absolute Gasteiger partial charge is 0.493 e. The minimum atomic E-state index is -0.777. The molecule has 1 N–H and O–H groups in total. The lowest BCUT2D eigenvalue weighted by molar-refractivity contribution is -0.117. The van der Waals surface area contributed by atoms with E-state index in [1.807, 2.05) is 89.2 Å². The number of carbonyl (C=O) groups excluding carboxylic acids is 1. The third-order valence-electron chi connectivity index (χ3n) is 6.47. The zero-order valence-corrected chi connectivity index (χ0v) is 19.9. The predicted octanol–water partition coefficient (Wildman–Crippen LogP) is 4.31. The molecule has 0 bridgehead atoms. The number of methoxy groups -OCH3 is 1. The van der Waals surface area contributed by atoms with Crippen molar-refractivity contribution in [2.75, 3.05) is 25.2 Å². The Morgan fingerprint density at radius 1 is 1.03 bits per heavy atom. The molecule has 7 heteroatoms.